The Morgan fingerprint density at radius 3 is 2.43 bits per heavy atom. The van der Waals surface area contributed by atoms with Crippen LogP contribution in [-0.2, 0) is 9.59 Å². The summed E-state index contributed by atoms with van der Waals surface area (Å²) in [5, 5.41) is 12.3. The van der Waals surface area contributed by atoms with Gasteiger partial charge in [0.25, 0.3) is 0 Å². The van der Waals surface area contributed by atoms with E-state index < -0.39 is 12.0 Å². The molecule has 4 nitrogen and oxygen atoms in total. The second kappa shape index (κ2) is 9.29. The predicted octanol–water partition coefficient (Wildman–Crippen LogP) is 3.33. The van der Waals surface area contributed by atoms with Gasteiger partial charge >= 0.3 is 5.97 Å². The first kappa shape index (κ1) is 17.4. The van der Waals surface area contributed by atoms with Crippen molar-refractivity contribution in [2.45, 2.75) is 58.0 Å². The lowest BCUT2D eigenvalue weighted by atomic mass is 10.0. The molecule has 0 unspecified atom stereocenters. The topological polar surface area (TPSA) is 66.4 Å². The molecule has 1 aromatic carbocycles. The molecule has 0 saturated carbocycles. The molecule has 116 valence electrons. The first-order chi connectivity index (χ1) is 10.0. The molecule has 0 amide bonds. The quantitative estimate of drug-likeness (QED) is 0.649. The summed E-state index contributed by atoms with van der Waals surface area (Å²) in [6, 6.07) is 8.71. The number of carboxylic acid groups (broad SMARTS) is 1. The summed E-state index contributed by atoms with van der Waals surface area (Å²) >= 11 is 0. The molecule has 4 heteroatoms. The molecule has 2 atom stereocenters. The molecule has 0 aromatic heterocycles. The van der Waals surface area contributed by atoms with Gasteiger partial charge in [0.15, 0.2) is 0 Å². The highest BCUT2D eigenvalue weighted by atomic mass is 16.4. The number of Topliss-reactive ketones (excluding diaryl/α,β-unsaturated/α-hetero) is 1. The van der Waals surface area contributed by atoms with Crippen LogP contribution in [0, 0.1) is 0 Å². The Morgan fingerprint density at radius 2 is 1.86 bits per heavy atom. The van der Waals surface area contributed by atoms with Gasteiger partial charge in [-0.15, -0.1) is 0 Å². The fraction of sp³-hybridized carbons (Fsp3) is 0.529. The third-order valence-electron chi connectivity index (χ3n) is 3.54. The number of rotatable bonds is 10. The van der Waals surface area contributed by atoms with Gasteiger partial charge in [-0.3, -0.25) is 14.9 Å². The zero-order valence-electron chi connectivity index (χ0n) is 12.8. The molecule has 2 N–H and O–H groups in total. The smallest absolute Gasteiger partial charge is 0.321 e. The average Bonchev–Trinajstić information content (AvgIpc) is 2.47. The maximum absolute atomic E-state index is 11.8. The number of aliphatic carboxylic acids is 1. The molecular formula is C17H25NO3. The zero-order chi connectivity index (χ0) is 15.7. The van der Waals surface area contributed by atoms with Crippen LogP contribution < -0.4 is 5.32 Å². The minimum Gasteiger partial charge on any atom is -0.480 e. The number of ketones is 1. The lowest BCUT2D eigenvalue weighted by molar-refractivity contribution is -0.141. The lowest BCUT2D eigenvalue weighted by Gasteiger charge is -2.20. The van der Waals surface area contributed by atoms with Crippen molar-refractivity contribution >= 4 is 11.8 Å². The Bertz CT molecular complexity index is 445. The summed E-state index contributed by atoms with van der Waals surface area (Å²) in [5.74, 6) is -0.953. The molecule has 21 heavy (non-hydrogen) atoms. The van der Waals surface area contributed by atoms with Crippen molar-refractivity contribution in [3.63, 3.8) is 0 Å². The van der Waals surface area contributed by atoms with E-state index in [0.29, 0.717) is 6.42 Å². The lowest BCUT2D eigenvalue weighted by Crippen LogP contribution is -2.39. The molecule has 0 heterocycles. The number of nitrogens with one attached hydrogen (secondary N) is 1. The monoisotopic (exact) mass is 291 g/mol. The minimum absolute atomic E-state index is 0.0172. The van der Waals surface area contributed by atoms with Gasteiger partial charge in [0.1, 0.15) is 11.8 Å². The molecule has 1 rings (SSSR count). The van der Waals surface area contributed by atoms with E-state index in [9.17, 15) is 14.7 Å². The summed E-state index contributed by atoms with van der Waals surface area (Å²) in [7, 11) is 0. The molecule has 0 radical (unpaired) electrons. The van der Waals surface area contributed by atoms with Crippen molar-refractivity contribution in [2.24, 2.45) is 0 Å². The van der Waals surface area contributed by atoms with Crippen LogP contribution in [0.4, 0.5) is 0 Å². The van der Waals surface area contributed by atoms with Crippen LogP contribution in [0.5, 0.6) is 0 Å². The van der Waals surface area contributed by atoms with Crippen LogP contribution in [0.15, 0.2) is 30.3 Å². The van der Waals surface area contributed by atoms with Crippen LogP contribution in [-0.4, -0.2) is 22.9 Å². The van der Waals surface area contributed by atoms with Crippen molar-refractivity contribution in [3.05, 3.63) is 35.9 Å². The number of hydrogen-bond donors (Lipinski definition) is 2. The molecule has 0 fully saturated rings. The maximum atomic E-state index is 11.8. The van der Waals surface area contributed by atoms with Crippen LogP contribution in [0.3, 0.4) is 0 Å². The summed E-state index contributed by atoms with van der Waals surface area (Å²) in [6.45, 7) is 3.99. The summed E-state index contributed by atoms with van der Waals surface area (Å²) < 4.78 is 0. The normalized spacial score (nSPS) is 13.6. The number of carboxylic acids is 1. The Morgan fingerprint density at radius 1 is 1.19 bits per heavy atom. The van der Waals surface area contributed by atoms with Crippen LogP contribution in [0.2, 0.25) is 0 Å². The molecule has 0 aliphatic carbocycles. The summed E-state index contributed by atoms with van der Waals surface area (Å²) in [5.41, 5.74) is 1.02. The van der Waals surface area contributed by atoms with Crippen LogP contribution >= 0.6 is 0 Å². The van der Waals surface area contributed by atoms with Gasteiger partial charge in [-0.2, -0.15) is 0 Å². The van der Waals surface area contributed by atoms with Crippen LogP contribution in [0.1, 0.15) is 57.6 Å². The first-order valence-corrected chi connectivity index (χ1v) is 7.60. The van der Waals surface area contributed by atoms with Crippen molar-refractivity contribution in [2.75, 3.05) is 0 Å². The van der Waals surface area contributed by atoms with E-state index in [4.69, 9.17) is 0 Å². The highest BCUT2D eigenvalue weighted by Crippen LogP contribution is 2.14. The Labute approximate surface area is 126 Å². The van der Waals surface area contributed by atoms with E-state index in [1.165, 1.54) is 0 Å². The van der Waals surface area contributed by atoms with Crippen molar-refractivity contribution in [1.29, 1.82) is 0 Å². The van der Waals surface area contributed by atoms with E-state index in [1.54, 1.807) is 0 Å². The van der Waals surface area contributed by atoms with Gasteiger partial charge in [0, 0.05) is 18.9 Å². The minimum atomic E-state index is -0.971. The Kier molecular flexibility index (Phi) is 7.69. The molecule has 1 aromatic rings. The second-order valence-corrected chi connectivity index (χ2v) is 5.39. The van der Waals surface area contributed by atoms with E-state index in [0.717, 1.165) is 24.8 Å². The van der Waals surface area contributed by atoms with E-state index in [2.05, 4.69) is 12.2 Å². The Balaban J connectivity index is 2.54. The molecule has 0 saturated heterocycles. The van der Waals surface area contributed by atoms with Crippen molar-refractivity contribution in [1.82, 2.24) is 5.32 Å². The van der Waals surface area contributed by atoms with E-state index >= 15 is 0 Å². The predicted molar refractivity (Wildman–Crippen MR) is 83.2 cm³/mol. The highest BCUT2D eigenvalue weighted by molar-refractivity contribution is 5.85. The zero-order valence-corrected chi connectivity index (χ0v) is 12.8. The van der Waals surface area contributed by atoms with Gasteiger partial charge in [-0.25, -0.2) is 0 Å². The molecule has 0 bridgehead atoms. The van der Waals surface area contributed by atoms with Gasteiger partial charge < -0.3 is 5.11 Å². The van der Waals surface area contributed by atoms with Crippen molar-refractivity contribution < 1.29 is 14.7 Å². The number of unbranched alkanes of at least 4 members (excludes halogenated alkanes) is 2. The third kappa shape index (κ3) is 6.54. The van der Waals surface area contributed by atoms with E-state index in [-0.39, 0.29) is 18.2 Å². The number of benzene rings is 1. The maximum Gasteiger partial charge on any atom is 0.321 e. The summed E-state index contributed by atoms with van der Waals surface area (Å²) in [6.07, 6.45) is 3.43. The van der Waals surface area contributed by atoms with E-state index in [1.807, 2.05) is 37.3 Å². The largest absolute Gasteiger partial charge is 0.480 e. The number of carbonyl (C=O) groups excluding carboxylic acids is 1. The fourth-order valence-electron chi connectivity index (χ4n) is 2.26. The Hall–Kier alpha value is -1.68. The highest BCUT2D eigenvalue weighted by Gasteiger charge is 2.22. The fourth-order valence-corrected chi connectivity index (χ4v) is 2.26. The average molecular weight is 291 g/mol. The molecule has 0 aliphatic rings. The van der Waals surface area contributed by atoms with Crippen molar-refractivity contribution in [3.8, 4) is 0 Å². The third-order valence-corrected chi connectivity index (χ3v) is 3.54. The van der Waals surface area contributed by atoms with Gasteiger partial charge in [-0.05, 0) is 18.9 Å². The number of carbonyl (C=O) groups is 2. The van der Waals surface area contributed by atoms with Gasteiger partial charge in [0.05, 0.1) is 0 Å². The summed E-state index contributed by atoms with van der Waals surface area (Å²) in [4.78, 5) is 23.2. The van der Waals surface area contributed by atoms with Crippen LogP contribution in [0.25, 0.3) is 0 Å². The molecule has 0 aliphatic heterocycles. The van der Waals surface area contributed by atoms with Gasteiger partial charge in [0.2, 0.25) is 0 Å². The first-order valence-electron chi connectivity index (χ1n) is 7.60. The number of hydrogen-bond acceptors (Lipinski definition) is 3. The molecule has 0 spiro atoms. The molecular weight excluding hydrogens is 266 g/mol. The standard InChI is InChI=1S/C17H25NO3/c1-3-4-6-11-15(19)12-16(17(20)21)18-13(2)14-9-7-5-8-10-14/h5,7-10,13,16,18H,3-4,6,11-12H2,1-2H3,(H,20,21)/t13-,16-/m0/s1. The van der Waals surface area contributed by atoms with Gasteiger partial charge in [-0.1, -0.05) is 50.1 Å². The SMILES string of the molecule is CCCCCC(=O)C[C@H](N[C@@H](C)c1ccccc1)C(=O)O. The second-order valence-electron chi connectivity index (χ2n) is 5.39.